The molecule has 0 radical (unpaired) electrons. The van der Waals surface area contributed by atoms with Crippen LogP contribution in [0.5, 0.6) is 11.8 Å². The molecule has 1 N–H and O–H groups in total. The second-order valence-electron chi connectivity index (χ2n) is 6.02. The molecular weight excluding hydrogens is 382 g/mol. The van der Waals surface area contributed by atoms with Gasteiger partial charge < -0.3 is 9.72 Å². The summed E-state index contributed by atoms with van der Waals surface area (Å²) in [7, 11) is 0. The monoisotopic (exact) mass is 395 g/mol. The first kappa shape index (κ1) is 17.6. The normalized spacial score (nSPS) is 10.9. The lowest BCUT2D eigenvalue weighted by molar-refractivity contribution is 0.112. The third-order valence-corrected chi connectivity index (χ3v) is 4.72. The van der Waals surface area contributed by atoms with Crippen molar-refractivity contribution < 1.29 is 9.53 Å². The van der Waals surface area contributed by atoms with Gasteiger partial charge in [-0.1, -0.05) is 29.8 Å². The maximum Gasteiger partial charge on any atom is 0.301 e. The van der Waals surface area contributed by atoms with Gasteiger partial charge in [0.15, 0.2) is 5.65 Å². The van der Waals surface area contributed by atoms with Crippen LogP contribution in [0.4, 0.5) is 0 Å². The number of ether oxygens (including phenoxy) is 1. The van der Waals surface area contributed by atoms with E-state index in [1.165, 1.54) is 0 Å². The van der Waals surface area contributed by atoms with E-state index in [2.05, 4.69) is 27.6 Å². The molecule has 0 spiro atoms. The van der Waals surface area contributed by atoms with E-state index >= 15 is 0 Å². The number of carbonyl (C=O) groups excluding carboxylic acids is 1. The zero-order valence-electron chi connectivity index (χ0n) is 14.2. The van der Waals surface area contributed by atoms with E-state index in [0.29, 0.717) is 33.2 Å². The summed E-state index contributed by atoms with van der Waals surface area (Å²) in [4.78, 5) is 23.9. The van der Waals surface area contributed by atoms with Gasteiger partial charge in [-0.15, -0.1) is 12.6 Å². The molecule has 5 nitrogen and oxygen atoms in total. The Morgan fingerprint density at radius 1 is 1.11 bits per heavy atom. The van der Waals surface area contributed by atoms with Crippen molar-refractivity contribution in [3.05, 3.63) is 64.7 Å². The van der Waals surface area contributed by atoms with Crippen molar-refractivity contribution in [2.24, 2.45) is 0 Å². The number of nitrogens with zero attached hydrogens (tertiary/aromatic N) is 2. The van der Waals surface area contributed by atoms with Gasteiger partial charge in [-0.25, -0.2) is 4.98 Å². The number of imidazole rings is 1. The second kappa shape index (κ2) is 7.06. The van der Waals surface area contributed by atoms with Crippen LogP contribution < -0.4 is 4.74 Å². The van der Waals surface area contributed by atoms with Crippen LogP contribution >= 0.6 is 24.2 Å². The fraction of sp³-hybridized carbons (Fsp3) is 0.0500. The molecule has 4 rings (SSSR count). The summed E-state index contributed by atoms with van der Waals surface area (Å²) in [6.45, 7) is 1.86. The highest BCUT2D eigenvalue weighted by atomic mass is 35.5. The molecule has 4 aromatic rings. The number of aromatic nitrogens is 3. The number of hydrogen-bond donors (Lipinski definition) is 2. The van der Waals surface area contributed by atoms with E-state index in [9.17, 15) is 4.79 Å². The quantitative estimate of drug-likeness (QED) is 0.354. The average Bonchev–Trinajstić information content (AvgIpc) is 3.04. The van der Waals surface area contributed by atoms with E-state index < -0.39 is 0 Å². The van der Waals surface area contributed by atoms with Crippen molar-refractivity contribution in [3.63, 3.8) is 0 Å². The number of aryl methyl sites for hydroxylation is 1. The maximum absolute atomic E-state index is 11.1. The Bertz CT molecular complexity index is 1160. The zero-order valence-corrected chi connectivity index (χ0v) is 15.9. The SMILES string of the molecule is Cc1ccc(Oc2nc3nc(-c4ccc(S)cc4)c(Cl)cc3[nH]2)cc1C=O. The largest absolute Gasteiger partial charge is 0.426 e. The topological polar surface area (TPSA) is 67.9 Å². The number of nitrogens with one attached hydrogen (secondary N) is 1. The number of thiol groups is 1. The molecule has 134 valence electrons. The highest BCUT2D eigenvalue weighted by Gasteiger charge is 2.13. The lowest BCUT2D eigenvalue weighted by atomic mass is 10.1. The fourth-order valence-electron chi connectivity index (χ4n) is 2.69. The van der Waals surface area contributed by atoms with Crippen molar-refractivity contribution in [1.29, 1.82) is 0 Å². The first-order chi connectivity index (χ1) is 13.0. The minimum absolute atomic E-state index is 0.275. The van der Waals surface area contributed by atoms with Gasteiger partial charge in [0, 0.05) is 16.0 Å². The lowest BCUT2D eigenvalue weighted by Gasteiger charge is -2.04. The molecule has 2 aromatic carbocycles. The number of H-pyrrole nitrogens is 1. The summed E-state index contributed by atoms with van der Waals surface area (Å²) < 4.78 is 5.74. The van der Waals surface area contributed by atoms with Crippen molar-refractivity contribution in [3.8, 4) is 23.0 Å². The van der Waals surface area contributed by atoms with Crippen molar-refractivity contribution >= 4 is 41.7 Å². The van der Waals surface area contributed by atoms with Crippen LogP contribution in [0.3, 0.4) is 0 Å². The number of aldehydes is 1. The summed E-state index contributed by atoms with van der Waals surface area (Å²) >= 11 is 10.7. The highest BCUT2D eigenvalue weighted by molar-refractivity contribution is 7.80. The van der Waals surface area contributed by atoms with Gasteiger partial charge in [0.1, 0.15) is 12.0 Å². The Balaban J connectivity index is 1.70. The number of aromatic amines is 1. The van der Waals surface area contributed by atoms with Gasteiger partial charge in [-0.3, -0.25) is 4.79 Å². The molecule has 0 unspecified atom stereocenters. The number of fused-ring (bicyclic) bond motifs is 1. The summed E-state index contributed by atoms with van der Waals surface area (Å²) in [5, 5.41) is 0.503. The van der Waals surface area contributed by atoms with E-state index in [-0.39, 0.29) is 6.01 Å². The van der Waals surface area contributed by atoms with Gasteiger partial charge >= 0.3 is 6.01 Å². The molecule has 0 saturated heterocycles. The second-order valence-corrected chi connectivity index (χ2v) is 6.94. The summed E-state index contributed by atoms with van der Waals surface area (Å²) in [5.74, 6) is 0.512. The van der Waals surface area contributed by atoms with Crippen LogP contribution in [-0.2, 0) is 0 Å². The summed E-state index contributed by atoms with van der Waals surface area (Å²) in [6.07, 6.45) is 0.796. The van der Waals surface area contributed by atoms with Gasteiger partial charge in [-0.2, -0.15) is 4.98 Å². The maximum atomic E-state index is 11.1. The number of halogens is 1. The molecule has 2 heterocycles. The molecule has 0 aliphatic carbocycles. The van der Waals surface area contributed by atoms with Crippen LogP contribution in [0.1, 0.15) is 15.9 Å². The Hall–Kier alpha value is -2.83. The molecule has 0 amide bonds. The standard InChI is InChI=1S/C20H14ClN3O2S/c1-11-2-5-14(8-13(11)10-25)26-20-22-17-9-16(21)18(23-19(17)24-20)12-3-6-15(27)7-4-12/h2-10,27H,1H3,(H,22,23,24). The summed E-state index contributed by atoms with van der Waals surface area (Å²) in [5.41, 5.74) is 4.11. The Morgan fingerprint density at radius 2 is 1.89 bits per heavy atom. The van der Waals surface area contributed by atoms with E-state index in [1.807, 2.05) is 37.3 Å². The van der Waals surface area contributed by atoms with Crippen molar-refractivity contribution in [1.82, 2.24) is 15.0 Å². The zero-order chi connectivity index (χ0) is 19.0. The van der Waals surface area contributed by atoms with E-state index in [0.717, 1.165) is 22.3 Å². The smallest absolute Gasteiger partial charge is 0.301 e. The third kappa shape index (κ3) is 3.54. The molecule has 0 bridgehead atoms. The van der Waals surface area contributed by atoms with E-state index in [1.54, 1.807) is 18.2 Å². The highest BCUT2D eigenvalue weighted by Crippen LogP contribution is 2.31. The van der Waals surface area contributed by atoms with Gasteiger partial charge in [0.25, 0.3) is 0 Å². The fourth-order valence-corrected chi connectivity index (χ4v) is 3.10. The molecule has 0 fully saturated rings. The van der Waals surface area contributed by atoms with Crippen LogP contribution in [0.2, 0.25) is 5.02 Å². The number of rotatable bonds is 4. The molecule has 7 heteroatoms. The first-order valence-corrected chi connectivity index (χ1v) is 8.95. The van der Waals surface area contributed by atoms with Crippen molar-refractivity contribution in [2.75, 3.05) is 0 Å². The predicted octanol–water partition coefficient (Wildman–Crippen LogP) is 5.48. The number of hydrogen-bond acceptors (Lipinski definition) is 5. The van der Waals surface area contributed by atoms with Crippen LogP contribution in [0.25, 0.3) is 22.4 Å². The van der Waals surface area contributed by atoms with Crippen molar-refractivity contribution in [2.45, 2.75) is 11.8 Å². The molecule has 0 aliphatic heterocycles. The Kier molecular flexibility index (Phi) is 4.59. The number of benzene rings is 2. The molecule has 0 saturated carbocycles. The van der Waals surface area contributed by atoms with Gasteiger partial charge in [-0.05, 0) is 42.8 Å². The summed E-state index contributed by atoms with van der Waals surface area (Å²) in [6, 6.07) is 14.9. The predicted molar refractivity (Wildman–Crippen MR) is 108 cm³/mol. The van der Waals surface area contributed by atoms with E-state index in [4.69, 9.17) is 16.3 Å². The molecule has 2 aromatic heterocycles. The number of pyridine rings is 1. The Labute approximate surface area is 165 Å². The van der Waals surface area contributed by atoms with Crippen LogP contribution in [-0.4, -0.2) is 21.2 Å². The van der Waals surface area contributed by atoms with Gasteiger partial charge in [0.2, 0.25) is 0 Å². The minimum atomic E-state index is 0.275. The third-order valence-electron chi connectivity index (χ3n) is 4.14. The van der Waals surface area contributed by atoms with Gasteiger partial charge in [0.05, 0.1) is 16.2 Å². The molecular formula is C20H14ClN3O2S. The van der Waals surface area contributed by atoms with Crippen LogP contribution in [0, 0.1) is 6.92 Å². The Morgan fingerprint density at radius 3 is 2.63 bits per heavy atom. The molecule has 0 aliphatic rings. The molecule has 0 atom stereocenters. The lowest BCUT2D eigenvalue weighted by Crippen LogP contribution is -1.90. The average molecular weight is 396 g/mol. The molecule has 27 heavy (non-hydrogen) atoms. The first-order valence-electron chi connectivity index (χ1n) is 8.13. The number of carbonyl (C=O) groups is 1. The van der Waals surface area contributed by atoms with Crippen LogP contribution in [0.15, 0.2) is 53.4 Å². The minimum Gasteiger partial charge on any atom is -0.426 e.